The van der Waals surface area contributed by atoms with Crippen molar-refractivity contribution in [3.63, 3.8) is 0 Å². The van der Waals surface area contributed by atoms with Gasteiger partial charge in [-0.25, -0.2) is 9.97 Å². The summed E-state index contributed by atoms with van der Waals surface area (Å²) in [6, 6.07) is 21.2. The van der Waals surface area contributed by atoms with E-state index in [4.69, 9.17) is 4.42 Å². The van der Waals surface area contributed by atoms with Crippen molar-refractivity contribution in [3.8, 4) is 11.1 Å². The van der Waals surface area contributed by atoms with Gasteiger partial charge in [-0.3, -0.25) is 4.79 Å². The number of benzene rings is 2. The first-order chi connectivity index (χ1) is 14.7. The number of nitrogens with one attached hydrogen (secondary N) is 2. The Hall–Kier alpha value is -3.93. The molecule has 0 spiro atoms. The molecule has 2 aromatic heterocycles. The van der Waals surface area contributed by atoms with E-state index in [9.17, 15) is 4.79 Å². The third-order valence-corrected chi connectivity index (χ3v) is 4.64. The van der Waals surface area contributed by atoms with Gasteiger partial charge in [0.2, 0.25) is 5.95 Å². The van der Waals surface area contributed by atoms with Gasteiger partial charge in [0.15, 0.2) is 0 Å². The first-order valence-electron chi connectivity index (χ1n) is 9.71. The van der Waals surface area contributed by atoms with Gasteiger partial charge in [-0.2, -0.15) is 0 Å². The lowest BCUT2D eigenvalue weighted by molar-refractivity contribution is 0.0948. The van der Waals surface area contributed by atoms with Crippen molar-refractivity contribution in [1.82, 2.24) is 15.3 Å². The van der Waals surface area contributed by atoms with Crippen LogP contribution >= 0.6 is 0 Å². The number of aryl methyl sites for hydroxylation is 1. The Morgan fingerprint density at radius 1 is 0.867 bits per heavy atom. The minimum absolute atomic E-state index is 0.146. The molecule has 0 aliphatic rings. The molecule has 0 radical (unpaired) electrons. The van der Waals surface area contributed by atoms with E-state index in [0.29, 0.717) is 24.6 Å². The fourth-order valence-electron chi connectivity index (χ4n) is 3.01. The Kier molecular flexibility index (Phi) is 5.85. The smallest absolute Gasteiger partial charge is 0.251 e. The van der Waals surface area contributed by atoms with E-state index in [0.717, 1.165) is 22.6 Å². The topological polar surface area (TPSA) is 80.0 Å². The van der Waals surface area contributed by atoms with Gasteiger partial charge >= 0.3 is 0 Å². The van der Waals surface area contributed by atoms with Crippen LogP contribution in [-0.4, -0.2) is 15.9 Å². The molecule has 0 aliphatic heterocycles. The number of carbonyl (C=O) groups excluding carboxylic acids is 1. The molecule has 0 bridgehead atoms. The van der Waals surface area contributed by atoms with E-state index in [1.54, 1.807) is 24.5 Å². The fraction of sp³-hybridized carbons (Fsp3) is 0.125. The molecular weight excluding hydrogens is 376 g/mol. The van der Waals surface area contributed by atoms with Crippen molar-refractivity contribution in [2.24, 2.45) is 0 Å². The third kappa shape index (κ3) is 4.91. The number of hydrogen-bond acceptors (Lipinski definition) is 5. The second-order valence-corrected chi connectivity index (χ2v) is 6.91. The van der Waals surface area contributed by atoms with Gasteiger partial charge in [0.05, 0.1) is 6.54 Å². The lowest BCUT2D eigenvalue weighted by Gasteiger charge is -2.07. The van der Waals surface area contributed by atoms with Crippen molar-refractivity contribution < 1.29 is 9.21 Å². The van der Waals surface area contributed by atoms with Crippen LogP contribution in [0.25, 0.3) is 11.1 Å². The molecule has 0 unspecified atom stereocenters. The molecule has 0 fully saturated rings. The van der Waals surface area contributed by atoms with Crippen LogP contribution in [0.3, 0.4) is 0 Å². The molecular formula is C24H22N4O2. The van der Waals surface area contributed by atoms with E-state index < -0.39 is 0 Å². The monoisotopic (exact) mass is 398 g/mol. The van der Waals surface area contributed by atoms with Crippen molar-refractivity contribution in [1.29, 1.82) is 0 Å². The van der Waals surface area contributed by atoms with Gasteiger partial charge in [0.1, 0.15) is 11.5 Å². The summed E-state index contributed by atoms with van der Waals surface area (Å²) in [6.07, 6.45) is 3.54. The fourth-order valence-corrected chi connectivity index (χ4v) is 3.01. The molecule has 2 heterocycles. The van der Waals surface area contributed by atoms with Crippen LogP contribution < -0.4 is 10.6 Å². The average molecular weight is 398 g/mol. The first kappa shape index (κ1) is 19.4. The van der Waals surface area contributed by atoms with Crippen molar-refractivity contribution in [3.05, 3.63) is 102 Å². The summed E-state index contributed by atoms with van der Waals surface area (Å²) in [5.74, 6) is 1.99. The highest BCUT2D eigenvalue weighted by Gasteiger charge is 2.08. The number of hydrogen-bond donors (Lipinski definition) is 2. The molecule has 30 heavy (non-hydrogen) atoms. The quantitative estimate of drug-likeness (QED) is 0.476. The number of aromatic nitrogens is 2. The van der Waals surface area contributed by atoms with Crippen LogP contribution in [0.2, 0.25) is 0 Å². The Bertz CT molecular complexity index is 1100. The van der Waals surface area contributed by atoms with Crippen LogP contribution in [-0.2, 0) is 13.1 Å². The summed E-state index contributed by atoms with van der Waals surface area (Å²) in [7, 11) is 0. The summed E-state index contributed by atoms with van der Waals surface area (Å²) >= 11 is 0. The van der Waals surface area contributed by atoms with Gasteiger partial charge in [0, 0.05) is 30.1 Å². The van der Waals surface area contributed by atoms with Gasteiger partial charge < -0.3 is 15.1 Å². The highest BCUT2D eigenvalue weighted by atomic mass is 16.3. The van der Waals surface area contributed by atoms with Crippen LogP contribution in [0.5, 0.6) is 0 Å². The van der Waals surface area contributed by atoms with Crippen molar-refractivity contribution >= 4 is 11.9 Å². The molecule has 2 aromatic carbocycles. The standard InChI is InChI=1S/C24H22N4O2/c1-17-7-12-22(30-17)16-25-23(29)20-10-8-19(9-11-20)21-14-27-24(28-15-21)26-13-18-5-3-2-4-6-18/h2-12,14-15H,13,16H2,1H3,(H,25,29)(H,26,27,28). The number of anilines is 1. The van der Waals surface area contributed by atoms with Gasteiger partial charge in [0.25, 0.3) is 5.91 Å². The zero-order valence-electron chi connectivity index (χ0n) is 16.6. The Labute approximate surface area is 175 Å². The van der Waals surface area contributed by atoms with Gasteiger partial charge in [-0.1, -0.05) is 42.5 Å². The van der Waals surface area contributed by atoms with Crippen LogP contribution in [0, 0.1) is 6.92 Å². The zero-order valence-corrected chi connectivity index (χ0v) is 16.6. The van der Waals surface area contributed by atoms with E-state index in [-0.39, 0.29) is 5.91 Å². The third-order valence-electron chi connectivity index (χ3n) is 4.64. The van der Waals surface area contributed by atoms with Crippen molar-refractivity contribution in [2.75, 3.05) is 5.32 Å². The van der Waals surface area contributed by atoms with E-state index in [1.165, 1.54) is 5.56 Å². The maximum atomic E-state index is 12.3. The molecule has 4 rings (SSSR count). The molecule has 0 saturated carbocycles. The molecule has 6 nitrogen and oxygen atoms in total. The van der Waals surface area contributed by atoms with Gasteiger partial charge in [-0.15, -0.1) is 0 Å². The maximum Gasteiger partial charge on any atom is 0.251 e. The molecule has 0 aliphatic carbocycles. The van der Waals surface area contributed by atoms with Crippen LogP contribution in [0.15, 0.2) is 83.5 Å². The summed E-state index contributed by atoms with van der Waals surface area (Å²) in [5, 5.41) is 6.07. The molecule has 6 heteroatoms. The largest absolute Gasteiger partial charge is 0.465 e. The molecule has 0 atom stereocenters. The number of carbonyl (C=O) groups is 1. The zero-order chi connectivity index (χ0) is 20.8. The predicted octanol–water partition coefficient (Wildman–Crippen LogP) is 4.59. The van der Waals surface area contributed by atoms with Crippen molar-refractivity contribution in [2.45, 2.75) is 20.0 Å². The molecule has 1 amide bonds. The van der Waals surface area contributed by atoms with E-state index >= 15 is 0 Å². The average Bonchev–Trinajstić information content (AvgIpc) is 3.22. The number of amides is 1. The SMILES string of the molecule is Cc1ccc(CNC(=O)c2ccc(-c3cnc(NCc4ccccc4)nc3)cc2)o1. The summed E-state index contributed by atoms with van der Waals surface area (Å²) in [6.45, 7) is 2.90. The van der Waals surface area contributed by atoms with Crippen LogP contribution in [0.4, 0.5) is 5.95 Å². The Morgan fingerprint density at radius 3 is 2.27 bits per heavy atom. The molecule has 4 aromatic rings. The Morgan fingerprint density at radius 2 is 1.60 bits per heavy atom. The first-order valence-corrected chi connectivity index (χ1v) is 9.71. The van der Waals surface area contributed by atoms with E-state index in [2.05, 4.69) is 32.7 Å². The summed E-state index contributed by atoms with van der Waals surface area (Å²) in [5.41, 5.74) is 3.59. The normalized spacial score (nSPS) is 10.6. The number of furan rings is 1. The summed E-state index contributed by atoms with van der Waals surface area (Å²) < 4.78 is 5.47. The van der Waals surface area contributed by atoms with Gasteiger partial charge in [-0.05, 0) is 42.3 Å². The second kappa shape index (κ2) is 9.05. The Balaban J connectivity index is 1.34. The van der Waals surface area contributed by atoms with E-state index in [1.807, 2.05) is 49.4 Å². The highest BCUT2D eigenvalue weighted by molar-refractivity contribution is 5.94. The predicted molar refractivity (Wildman–Crippen MR) is 116 cm³/mol. The summed E-state index contributed by atoms with van der Waals surface area (Å²) in [4.78, 5) is 21.1. The molecule has 2 N–H and O–H groups in total. The highest BCUT2D eigenvalue weighted by Crippen LogP contribution is 2.19. The molecule has 150 valence electrons. The minimum atomic E-state index is -0.146. The lowest BCUT2D eigenvalue weighted by atomic mass is 10.1. The lowest BCUT2D eigenvalue weighted by Crippen LogP contribution is -2.22. The number of nitrogens with zero attached hydrogens (tertiary/aromatic N) is 2. The minimum Gasteiger partial charge on any atom is -0.465 e. The van der Waals surface area contributed by atoms with Crippen LogP contribution in [0.1, 0.15) is 27.4 Å². The molecule has 0 saturated heterocycles. The second-order valence-electron chi connectivity index (χ2n) is 6.91. The maximum absolute atomic E-state index is 12.3. The number of rotatable bonds is 7.